The second-order valence-corrected chi connectivity index (χ2v) is 7.04. The molecule has 0 aliphatic carbocycles. The van der Waals surface area contributed by atoms with Gasteiger partial charge < -0.3 is 10.1 Å². The summed E-state index contributed by atoms with van der Waals surface area (Å²) in [5.74, 6) is 0.952. The molecule has 21 heavy (non-hydrogen) atoms. The van der Waals surface area contributed by atoms with Gasteiger partial charge in [0.1, 0.15) is 5.75 Å². The van der Waals surface area contributed by atoms with Crippen LogP contribution in [0.5, 0.6) is 5.75 Å². The summed E-state index contributed by atoms with van der Waals surface area (Å²) in [7, 11) is 0. The van der Waals surface area contributed by atoms with Crippen molar-refractivity contribution in [3.63, 3.8) is 0 Å². The maximum Gasteiger partial charge on any atom is 0.142 e. The highest BCUT2D eigenvalue weighted by Crippen LogP contribution is 2.32. The number of hydrogen-bond donors (Lipinski definition) is 1. The smallest absolute Gasteiger partial charge is 0.142 e. The molecule has 1 aromatic carbocycles. The number of aryl methyl sites for hydroxylation is 3. The Kier molecular flexibility index (Phi) is 5.29. The number of rotatable bonds is 6. The Balaban J connectivity index is 2.20. The van der Waals surface area contributed by atoms with Gasteiger partial charge in [0.15, 0.2) is 0 Å². The molecule has 2 aromatic rings. The molecule has 0 amide bonds. The van der Waals surface area contributed by atoms with Gasteiger partial charge in [-0.1, -0.05) is 13.0 Å². The molecule has 0 saturated heterocycles. The third-order valence-electron chi connectivity index (χ3n) is 3.52. The van der Waals surface area contributed by atoms with Gasteiger partial charge >= 0.3 is 0 Å². The third kappa shape index (κ3) is 4.01. The topological polar surface area (TPSA) is 21.3 Å². The molecular weight excluding hydrogens is 278 g/mol. The van der Waals surface area contributed by atoms with E-state index in [0.717, 1.165) is 24.5 Å². The fourth-order valence-electron chi connectivity index (χ4n) is 2.47. The van der Waals surface area contributed by atoms with Crippen LogP contribution in [0.3, 0.4) is 0 Å². The van der Waals surface area contributed by atoms with Gasteiger partial charge in [0.05, 0.1) is 12.3 Å². The predicted octanol–water partition coefficient (Wildman–Crippen LogP) is 5.64. The van der Waals surface area contributed by atoms with E-state index >= 15 is 0 Å². The van der Waals surface area contributed by atoms with Gasteiger partial charge in [-0.15, -0.1) is 11.3 Å². The number of anilines is 1. The lowest BCUT2D eigenvalue weighted by molar-refractivity contribution is 0.318. The minimum atomic E-state index is 0.279. The van der Waals surface area contributed by atoms with Gasteiger partial charge in [-0.25, -0.2) is 0 Å². The molecule has 114 valence electrons. The monoisotopic (exact) mass is 303 g/mol. The molecule has 0 spiro atoms. The molecule has 0 radical (unpaired) electrons. The minimum Gasteiger partial charge on any atom is -0.491 e. The second-order valence-electron chi connectivity index (χ2n) is 5.58. The molecule has 0 aliphatic heterocycles. The summed E-state index contributed by atoms with van der Waals surface area (Å²) in [4.78, 5) is 2.75. The van der Waals surface area contributed by atoms with E-state index in [0.29, 0.717) is 0 Å². The fraction of sp³-hybridized carbons (Fsp3) is 0.444. The number of nitrogens with one attached hydrogen (secondary N) is 1. The zero-order valence-corrected chi connectivity index (χ0v) is 14.4. The highest BCUT2D eigenvalue weighted by atomic mass is 32.1. The van der Waals surface area contributed by atoms with Crippen molar-refractivity contribution in [1.82, 2.24) is 0 Å². The standard InChI is InChI=1S/C18H25NOS/c1-6-9-20-18-10-12(2)7-8-17(18)19-14(4)16-11-13(3)21-15(16)5/h7-8,10-11,14,19H,6,9H2,1-5H3. The van der Waals surface area contributed by atoms with E-state index in [-0.39, 0.29) is 6.04 Å². The molecule has 1 N–H and O–H groups in total. The Labute approximate surface area is 132 Å². The van der Waals surface area contributed by atoms with Crippen molar-refractivity contribution in [1.29, 1.82) is 0 Å². The van der Waals surface area contributed by atoms with Crippen molar-refractivity contribution < 1.29 is 4.74 Å². The second kappa shape index (κ2) is 6.99. The van der Waals surface area contributed by atoms with E-state index in [1.807, 2.05) is 11.3 Å². The highest BCUT2D eigenvalue weighted by Gasteiger charge is 2.13. The summed E-state index contributed by atoms with van der Waals surface area (Å²) < 4.78 is 5.88. The lowest BCUT2D eigenvalue weighted by atomic mass is 10.1. The van der Waals surface area contributed by atoms with E-state index in [9.17, 15) is 0 Å². The molecule has 2 rings (SSSR count). The number of hydrogen-bond acceptors (Lipinski definition) is 3. The van der Waals surface area contributed by atoms with Crippen LogP contribution in [0.15, 0.2) is 24.3 Å². The van der Waals surface area contributed by atoms with Gasteiger partial charge in [0.25, 0.3) is 0 Å². The molecular formula is C18H25NOS. The van der Waals surface area contributed by atoms with Crippen LogP contribution in [0.4, 0.5) is 5.69 Å². The molecule has 1 heterocycles. The van der Waals surface area contributed by atoms with Crippen molar-refractivity contribution in [2.24, 2.45) is 0 Å². The first-order valence-electron chi connectivity index (χ1n) is 7.58. The molecule has 0 bridgehead atoms. The largest absolute Gasteiger partial charge is 0.491 e. The summed E-state index contributed by atoms with van der Waals surface area (Å²) in [6.45, 7) is 11.5. The summed E-state index contributed by atoms with van der Waals surface area (Å²) >= 11 is 1.86. The van der Waals surface area contributed by atoms with Crippen LogP contribution in [-0.2, 0) is 0 Å². The van der Waals surface area contributed by atoms with E-state index < -0.39 is 0 Å². The summed E-state index contributed by atoms with van der Waals surface area (Å²) in [6, 6.07) is 8.90. The Morgan fingerprint density at radius 2 is 1.95 bits per heavy atom. The van der Waals surface area contributed by atoms with Crippen molar-refractivity contribution in [3.8, 4) is 5.75 Å². The van der Waals surface area contributed by atoms with Crippen LogP contribution in [0, 0.1) is 20.8 Å². The zero-order chi connectivity index (χ0) is 15.4. The zero-order valence-electron chi connectivity index (χ0n) is 13.6. The molecule has 0 saturated carbocycles. The number of benzene rings is 1. The van der Waals surface area contributed by atoms with Gasteiger partial charge in [-0.3, -0.25) is 0 Å². The maximum absolute atomic E-state index is 5.88. The van der Waals surface area contributed by atoms with Crippen LogP contribution in [0.2, 0.25) is 0 Å². The summed E-state index contributed by atoms with van der Waals surface area (Å²) in [5.41, 5.74) is 3.67. The Morgan fingerprint density at radius 3 is 2.57 bits per heavy atom. The van der Waals surface area contributed by atoms with Crippen LogP contribution in [-0.4, -0.2) is 6.61 Å². The SMILES string of the molecule is CCCOc1cc(C)ccc1NC(C)c1cc(C)sc1C. The van der Waals surface area contributed by atoms with Gasteiger partial charge in [0, 0.05) is 15.8 Å². The Morgan fingerprint density at radius 1 is 1.19 bits per heavy atom. The molecule has 0 aliphatic rings. The van der Waals surface area contributed by atoms with Crippen molar-refractivity contribution in [2.75, 3.05) is 11.9 Å². The van der Waals surface area contributed by atoms with Crippen molar-refractivity contribution in [3.05, 3.63) is 45.1 Å². The highest BCUT2D eigenvalue weighted by molar-refractivity contribution is 7.12. The predicted molar refractivity (Wildman–Crippen MR) is 92.8 cm³/mol. The molecule has 0 fully saturated rings. The Bertz CT molecular complexity index is 603. The first kappa shape index (κ1) is 15.9. The minimum absolute atomic E-state index is 0.279. The molecule has 2 nitrogen and oxygen atoms in total. The van der Waals surface area contributed by atoms with E-state index in [4.69, 9.17) is 4.74 Å². The van der Waals surface area contributed by atoms with E-state index in [1.54, 1.807) is 0 Å². The molecule has 1 aromatic heterocycles. The first-order chi connectivity index (χ1) is 10.0. The molecule has 1 atom stereocenters. The van der Waals surface area contributed by atoms with Gasteiger partial charge in [-0.05, 0) is 63.4 Å². The molecule has 3 heteroatoms. The lowest BCUT2D eigenvalue weighted by Crippen LogP contribution is -2.09. The lowest BCUT2D eigenvalue weighted by Gasteiger charge is -2.19. The van der Waals surface area contributed by atoms with Gasteiger partial charge in [-0.2, -0.15) is 0 Å². The van der Waals surface area contributed by atoms with Gasteiger partial charge in [0.2, 0.25) is 0 Å². The van der Waals surface area contributed by atoms with Crippen LogP contribution in [0.1, 0.15) is 47.2 Å². The Hall–Kier alpha value is -1.48. The maximum atomic E-state index is 5.88. The normalized spacial score (nSPS) is 12.2. The average molecular weight is 303 g/mol. The van der Waals surface area contributed by atoms with E-state index in [1.165, 1.54) is 20.9 Å². The van der Waals surface area contributed by atoms with E-state index in [2.05, 4.69) is 64.2 Å². The molecule has 1 unspecified atom stereocenters. The quantitative estimate of drug-likeness (QED) is 0.746. The van der Waals surface area contributed by atoms with Crippen molar-refractivity contribution >= 4 is 17.0 Å². The first-order valence-corrected chi connectivity index (χ1v) is 8.39. The van der Waals surface area contributed by atoms with Crippen molar-refractivity contribution in [2.45, 2.75) is 47.1 Å². The van der Waals surface area contributed by atoms with Crippen LogP contribution in [0.25, 0.3) is 0 Å². The fourth-order valence-corrected chi connectivity index (χ4v) is 3.49. The summed E-state index contributed by atoms with van der Waals surface area (Å²) in [5, 5.41) is 3.60. The summed E-state index contributed by atoms with van der Waals surface area (Å²) in [6.07, 6.45) is 1.02. The van der Waals surface area contributed by atoms with Crippen LogP contribution < -0.4 is 10.1 Å². The number of ether oxygens (including phenoxy) is 1. The third-order valence-corrected chi connectivity index (χ3v) is 4.50. The van der Waals surface area contributed by atoms with Crippen LogP contribution >= 0.6 is 11.3 Å². The average Bonchev–Trinajstić information content (AvgIpc) is 2.78. The number of thiophene rings is 1.